The molecule has 1 saturated carbocycles. The number of nitro groups is 1. The molecule has 20 heavy (non-hydrogen) atoms. The summed E-state index contributed by atoms with van der Waals surface area (Å²) in [5, 5.41) is 18.5. The smallest absolute Gasteiger partial charge is 0.269 e. The van der Waals surface area contributed by atoms with E-state index in [4.69, 9.17) is 0 Å². The van der Waals surface area contributed by atoms with Crippen LogP contribution in [0.4, 0.5) is 5.69 Å². The summed E-state index contributed by atoms with van der Waals surface area (Å²) in [5.74, 6) is 0. The van der Waals surface area contributed by atoms with Crippen molar-refractivity contribution in [3.05, 3.63) is 57.9 Å². The van der Waals surface area contributed by atoms with E-state index >= 15 is 0 Å². The molecule has 0 aliphatic heterocycles. The second kappa shape index (κ2) is 5.42. The van der Waals surface area contributed by atoms with Gasteiger partial charge in [-0.15, -0.1) is 0 Å². The summed E-state index contributed by atoms with van der Waals surface area (Å²) in [6.45, 7) is 1.38. The third kappa shape index (κ3) is 3.21. The summed E-state index contributed by atoms with van der Waals surface area (Å²) in [4.78, 5) is 10.4. The van der Waals surface area contributed by atoms with Gasteiger partial charge < -0.3 is 5.32 Å². The second-order valence-electron chi connectivity index (χ2n) is 5.13. The molecular formula is C14H16N4O2. The van der Waals surface area contributed by atoms with Gasteiger partial charge in [0.1, 0.15) is 0 Å². The number of nitrogens with zero attached hydrogens (tertiary/aromatic N) is 3. The molecule has 0 radical (unpaired) electrons. The topological polar surface area (TPSA) is 73.0 Å². The lowest BCUT2D eigenvalue weighted by molar-refractivity contribution is -0.384. The van der Waals surface area contributed by atoms with Gasteiger partial charge in [0.25, 0.3) is 5.69 Å². The Bertz CT molecular complexity index is 619. The summed E-state index contributed by atoms with van der Waals surface area (Å²) < 4.78 is 1.81. The van der Waals surface area contributed by atoms with Crippen LogP contribution in [0.3, 0.4) is 0 Å². The lowest BCUT2D eigenvalue weighted by Crippen LogP contribution is -2.14. The SMILES string of the molecule is O=[N+]([O-])c1cccc(Cn2cc(CNC3CC3)cn2)c1. The Balaban J connectivity index is 1.64. The second-order valence-corrected chi connectivity index (χ2v) is 5.13. The van der Waals surface area contributed by atoms with Gasteiger partial charge in [-0.2, -0.15) is 5.10 Å². The van der Waals surface area contributed by atoms with E-state index in [0.717, 1.165) is 17.7 Å². The molecule has 0 atom stereocenters. The molecule has 0 saturated heterocycles. The minimum absolute atomic E-state index is 0.116. The van der Waals surface area contributed by atoms with Gasteiger partial charge in [-0.25, -0.2) is 0 Å². The fraction of sp³-hybridized carbons (Fsp3) is 0.357. The molecule has 0 spiro atoms. The van der Waals surface area contributed by atoms with E-state index in [2.05, 4.69) is 10.4 Å². The molecule has 1 aromatic carbocycles. The van der Waals surface area contributed by atoms with Crippen molar-refractivity contribution in [1.29, 1.82) is 0 Å². The summed E-state index contributed by atoms with van der Waals surface area (Å²) in [6, 6.07) is 7.33. The van der Waals surface area contributed by atoms with Crippen molar-refractivity contribution in [2.24, 2.45) is 0 Å². The molecule has 1 aliphatic carbocycles. The Labute approximate surface area is 116 Å². The molecule has 1 aliphatic rings. The number of benzene rings is 1. The van der Waals surface area contributed by atoms with Crippen LogP contribution in [0.2, 0.25) is 0 Å². The molecule has 0 bridgehead atoms. The van der Waals surface area contributed by atoms with E-state index in [1.165, 1.54) is 18.9 Å². The zero-order valence-electron chi connectivity index (χ0n) is 11.0. The van der Waals surface area contributed by atoms with Crippen molar-refractivity contribution >= 4 is 5.69 Å². The highest BCUT2D eigenvalue weighted by atomic mass is 16.6. The monoisotopic (exact) mass is 272 g/mol. The van der Waals surface area contributed by atoms with E-state index in [1.54, 1.807) is 12.1 Å². The highest BCUT2D eigenvalue weighted by Gasteiger charge is 2.20. The van der Waals surface area contributed by atoms with Crippen LogP contribution < -0.4 is 5.32 Å². The summed E-state index contributed by atoms with van der Waals surface area (Å²) in [6.07, 6.45) is 6.35. The number of nitro benzene ring substituents is 1. The molecule has 1 heterocycles. The van der Waals surface area contributed by atoms with Gasteiger partial charge in [-0.1, -0.05) is 12.1 Å². The van der Waals surface area contributed by atoms with Gasteiger partial charge >= 0.3 is 0 Å². The van der Waals surface area contributed by atoms with Crippen LogP contribution in [0.25, 0.3) is 0 Å². The van der Waals surface area contributed by atoms with Crippen LogP contribution in [0, 0.1) is 10.1 Å². The Morgan fingerprint density at radius 2 is 2.25 bits per heavy atom. The molecule has 6 nitrogen and oxygen atoms in total. The molecule has 0 amide bonds. The van der Waals surface area contributed by atoms with Crippen molar-refractivity contribution in [2.75, 3.05) is 0 Å². The maximum Gasteiger partial charge on any atom is 0.269 e. The van der Waals surface area contributed by atoms with Crippen LogP contribution in [-0.2, 0) is 13.1 Å². The molecule has 6 heteroatoms. The van der Waals surface area contributed by atoms with Gasteiger partial charge in [0, 0.05) is 36.5 Å². The number of hydrogen-bond acceptors (Lipinski definition) is 4. The molecule has 2 aromatic rings. The third-order valence-corrected chi connectivity index (χ3v) is 3.32. The highest BCUT2D eigenvalue weighted by Crippen LogP contribution is 2.19. The first-order chi connectivity index (χ1) is 9.70. The van der Waals surface area contributed by atoms with Crippen molar-refractivity contribution in [3.8, 4) is 0 Å². The fourth-order valence-corrected chi connectivity index (χ4v) is 2.09. The van der Waals surface area contributed by atoms with E-state index in [0.29, 0.717) is 12.6 Å². The Morgan fingerprint density at radius 1 is 1.40 bits per heavy atom. The molecule has 1 N–H and O–H groups in total. The van der Waals surface area contributed by atoms with E-state index in [9.17, 15) is 10.1 Å². The molecule has 3 rings (SSSR count). The number of rotatable bonds is 6. The zero-order valence-corrected chi connectivity index (χ0v) is 11.0. The average molecular weight is 272 g/mol. The molecule has 1 aromatic heterocycles. The minimum Gasteiger partial charge on any atom is -0.310 e. The minimum atomic E-state index is -0.377. The first-order valence-corrected chi connectivity index (χ1v) is 6.69. The highest BCUT2D eigenvalue weighted by molar-refractivity contribution is 5.34. The molecular weight excluding hydrogens is 256 g/mol. The van der Waals surface area contributed by atoms with Gasteiger partial charge in [0.05, 0.1) is 17.7 Å². The van der Waals surface area contributed by atoms with Crippen LogP contribution >= 0.6 is 0 Å². The van der Waals surface area contributed by atoms with Gasteiger partial charge in [0.2, 0.25) is 0 Å². The number of aromatic nitrogens is 2. The molecule has 0 unspecified atom stereocenters. The maximum atomic E-state index is 10.7. The van der Waals surface area contributed by atoms with Crippen LogP contribution in [0.1, 0.15) is 24.0 Å². The fourth-order valence-electron chi connectivity index (χ4n) is 2.09. The maximum absolute atomic E-state index is 10.7. The summed E-state index contributed by atoms with van der Waals surface area (Å²) >= 11 is 0. The van der Waals surface area contributed by atoms with E-state index < -0.39 is 0 Å². The van der Waals surface area contributed by atoms with Crippen LogP contribution in [0.5, 0.6) is 0 Å². The molecule has 1 fully saturated rings. The first kappa shape index (κ1) is 12.8. The van der Waals surface area contributed by atoms with Gasteiger partial charge in [0.15, 0.2) is 0 Å². The van der Waals surface area contributed by atoms with Crippen molar-refractivity contribution in [1.82, 2.24) is 15.1 Å². The van der Waals surface area contributed by atoms with E-state index in [-0.39, 0.29) is 10.6 Å². The van der Waals surface area contributed by atoms with Crippen LogP contribution in [-0.4, -0.2) is 20.7 Å². The lowest BCUT2D eigenvalue weighted by Gasteiger charge is -2.02. The first-order valence-electron chi connectivity index (χ1n) is 6.69. The quantitative estimate of drug-likeness (QED) is 0.645. The largest absolute Gasteiger partial charge is 0.310 e. The van der Waals surface area contributed by atoms with Crippen LogP contribution in [0.15, 0.2) is 36.7 Å². The lowest BCUT2D eigenvalue weighted by atomic mass is 10.2. The molecule has 104 valence electrons. The Hall–Kier alpha value is -2.21. The van der Waals surface area contributed by atoms with Crippen molar-refractivity contribution < 1.29 is 4.92 Å². The standard InChI is InChI=1S/C14H16N4O2/c19-18(20)14-3-1-2-11(6-14)9-17-10-12(8-16-17)7-15-13-4-5-13/h1-3,6,8,10,13,15H,4-5,7,9H2. The Morgan fingerprint density at radius 3 is 3.00 bits per heavy atom. The zero-order chi connectivity index (χ0) is 13.9. The Kier molecular flexibility index (Phi) is 3.47. The van der Waals surface area contributed by atoms with E-state index in [1.807, 2.05) is 23.1 Å². The normalized spacial score (nSPS) is 14.4. The predicted octanol–water partition coefficient (Wildman–Crippen LogP) is 2.09. The van der Waals surface area contributed by atoms with Crippen molar-refractivity contribution in [2.45, 2.75) is 32.0 Å². The van der Waals surface area contributed by atoms with Gasteiger partial charge in [-0.05, 0) is 18.4 Å². The number of hydrogen-bond donors (Lipinski definition) is 1. The summed E-state index contributed by atoms with van der Waals surface area (Å²) in [5.41, 5.74) is 2.14. The summed E-state index contributed by atoms with van der Waals surface area (Å²) in [7, 11) is 0. The third-order valence-electron chi connectivity index (χ3n) is 3.32. The number of nitrogens with one attached hydrogen (secondary N) is 1. The van der Waals surface area contributed by atoms with Crippen molar-refractivity contribution in [3.63, 3.8) is 0 Å². The predicted molar refractivity (Wildman–Crippen MR) is 74.3 cm³/mol. The van der Waals surface area contributed by atoms with Gasteiger partial charge in [-0.3, -0.25) is 14.8 Å². The average Bonchev–Trinajstić information content (AvgIpc) is 3.17. The number of non-ortho nitro benzene ring substituents is 1.